The number of esters is 2. The first kappa shape index (κ1) is 25.3. The number of aromatic nitrogens is 1. The van der Waals surface area contributed by atoms with Gasteiger partial charge in [-0.1, -0.05) is 31.4 Å². The minimum atomic E-state index is -0.464. The summed E-state index contributed by atoms with van der Waals surface area (Å²) in [6.45, 7) is 3.21. The van der Waals surface area contributed by atoms with E-state index in [9.17, 15) is 9.59 Å². The van der Waals surface area contributed by atoms with E-state index in [1.54, 1.807) is 24.3 Å². The van der Waals surface area contributed by atoms with Crippen molar-refractivity contribution in [1.82, 2.24) is 4.90 Å². The monoisotopic (exact) mass is 443 g/mol. The topological polar surface area (TPSA) is 69.0 Å². The summed E-state index contributed by atoms with van der Waals surface area (Å²) in [6.07, 6.45) is 10.5. The maximum Gasteiger partial charge on any atom is 0.341 e. The Morgan fingerprint density at radius 2 is 1.66 bits per heavy atom. The molecule has 0 saturated carbocycles. The summed E-state index contributed by atoms with van der Waals surface area (Å²) in [5.74, 6) is 0.188. The van der Waals surface area contributed by atoms with Gasteiger partial charge in [0, 0.05) is 19.4 Å². The molecule has 0 spiro atoms. The van der Waals surface area contributed by atoms with Gasteiger partial charge in [0.15, 0.2) is 11.9 Å². The summed E-state index contributed by atoms with van der Waals surface area (Å²) in [5.41, 5.74) is 0.274. The zero-order chi connectivity index (χ0) is 23.2. The quantitative estimate of drug-likeness (QED) is 0.145. The smallest absolute Gasteiger partial charge is 0.341 e. The van der Waals surface area contributed by atoms with Gasteiger partial charge >= 0.3 is 11.9 Å². The Morgan fingerprint density at radius 3 is 2.41 bits per heavy atom. The van der Waals surface area contributed by atoms with Gasteiger partial charge in [-0.05, 0) is 45.1 Å². The van der Waals surface area contributed by atoms with Crippen molar-refractivity contribution in [2.24, 2.45) is 0 Å². The zero-order valence-corrected chi connectivity index (χ0v) is 19.4. The lowest BCUT2D eigenvalue weighted by Gasteiger charge is -2.10. The third-order valence-corrected chi connectivity index (χ3v) is 4.72. The molecule has 7 heteroatoms. The second-order valence-electron chi connectivity index (χ2n) is 7.98. The fourth-order valence-corrected chi connectivity index (χ4v) is 3.15. The Labute approximate surface area is 190 Å². The van der Waals surface area contributed by atoms with Crippen LogP contribution in [0.25, 0.3) is 0 Å². The van der Waals surface area contributed by atoms with Crippen LogP contribution >= 0.6 is 0 Å². The van der Waals surface area contributed by atoms with Gasteiger partial charge in [0.05, 0.1) is 6.61 Å². The van der Waals surface area contributed by atoms with Crippen LogP contribution in [-0.4, -0.2) is 44.3 Å². The molecule has 1 heterocycles. The van der Waals surface area contributed by atoms with E-state index in [1.165, 1.54) is 6.92 Å². The van der Waals surface area contributed by atoms with Crippen molar-refractivity contribution in [3.05, 3.63) is 54.4 Å². The van der Waals surface area contributed by atoms with Crippen molar-refractivity contribution in [3.63, 3.8) is 0 Å². The molecule has 0 aliphatic heterocycles. The molecule has 0 amide bonds. The number of aryl methyl sites for hydroxylation is 1. The predicted molar refractivity (Wildman–Crippen MR) is 122 cm³/mol. The highest BCUT2D eigenvalue weighted by atomic mass is 16.5. The molecule has 1 aromatic heterocycles. The van der Waals surface area contributed by atoms with Crippen molar-refractivity contribution < 1.29 is 28.4 Å². The van der Waals surface area contributed by atoms with E-state index in [4.69, 9.17) is 14.2 Å². The molecule has 2 aromatic rings. The number of pyridine rings is 1. The first-order valence-corrected chi connectivity index (χ1v) is 11.2. The summed E-state index contributed by atoms with van der Waals surface area (Å²) in [7, 11) is 3.96. The van der Waals surface area contributed by atoms with E-state index in [-0.39, 0.29) is 11.3 Å². The van der Waals surface area contributed by atoms with Crippen LogP contribution in [0.1, 0.15) is 55.8 Å². The molecule has 0 saturated heterocycles. The van der Waals surface area contributed by atoms with E-state index in [2.05, 4.69) is 10.8 Å². The highest BCUT2D eigenvalue weighted by Crippen LogP contribution is 2.19. The molecule has 0 aliphatic rings. The number of para-hydroxylation sites is 1. The zero-order valence-electron chi connectivity index (χ0n) is 19.4. The number of nitrogens with zero attached hydrogens (tertiary/aromatic N) is 2. The van der Waals surface area contributed by atoms with E-state index in [1.807, 2.05) is 37.3 Å². The second-order valence-corrected chi connectivity index (χ2v) is 7.98. The van der Waals surface area contributed by atoms with Gasteiger partial charge in [0.1, 0.15) is 24.6 Å². The molecule has 2 rings (SSSR count). The molecule has 0 radical (unpaired) electrons. The Hall–Kier alpha value is -2.93. The standard InChI is InChI=1S/C25H35N2O5/c1-21(28)32-24-15-9-8-14-23(24)25(29)30-18-11-7-5-4-6-10-16-27-17-12-13-22(19-27)31-20-26(2)3/h8-9,12-15,17,19H,4-7,10-11,16,18,20H2,1-3H3/q+1. The maximum absolute atomic E-state index is 12.2. The van der Waals surface area contributed by atoms with Crippen molar-refractivity contribution in [2.75, 3.05) is 27.4 Å². The second kappa shape index (κ2) is 14.2. The molecular formula is C25H35N2O5+. The Balaban J connectivity index is 1.55. The molecule has 0 bridgehead atoms. The summed E-state index contributed by atoms with van der Waals surface area (Å²) >= 11 is 0. The third-order valence-electron chi connectivity index (χ3n) is 4.72. The minimum Gasteiger partial charge on any atom is -0.472 e. The van der Waals surface area contributed by atoms with Crippen molar-refractivity contribution >= 4 is 11.9 Å². The fourth-order valence-electron chi connectivity index (χ4n) is 3.15. The summed E-state index contributed by atoms with van der Waals surface area (Å²) < 4.78 is 18.3. The van der Waals surface area contributed by atoms with Crippen LogP contribution < -0.4 is 14.0 Å². The number of carbonyl (C=O) groups is 2. The largest absolute Gasteiger partial charge is 0.472 e. The lowest BCUT2D eigenvalue weighted by molar-refractivity contribution is -0.697. The molecule has 0 atom stereocenters. The molecular weight excluding hydrogens is 408 g/mol. The average Bonchev–Trinajstić information content (AvgIpc) is 2.76. The molecule has 1 aromatic carbocycles. The molecule has 0 fully saturated rings. The van der Waals surface area contributed by atoms with E-state index in [0.717, 1.165) is 50.8 Å². The van der Waals surface area contributed by atoms with Gasteiger partial charge in [-0.2, -0.15) is 0 Å². The van der Waals surface area contributed by atoms with Crippen LogP contribution in [0.4, 0.5) is 0 Å². The van der Waals surface area contributed by atoms with E-state index in [0.29, 0.717) is 13.3 Å². The number of rotatable bonds is 14. The number of hydrogen-bond donors (Lipinski definition) is 0. The summed E-state index contributed by atoms with van der Waals surface area (Å²) in [4.78, 5) is 25.4. The Kier molecular flexibility index (Phi) is 11.2. The number of unbranched alkanes of at least 4 members (excludes halogenated alkanes) is 5. The molecule has 7 nitrogen and oxygen atoms in total. The van der Waals surface area contributed by atoms with Gasteiger partial charge in [0.2, 0.25) is 6.20 Å². The lowest BCUT2D eigenvalue weighted by Crippen LogP contribution is -2.33. The fraction of sp³-hybridized carbons (Fsp3) is 0.480. The first-order valence-electron chi connectivity index (χ1n) is 11.2. The van der Waals surface area contributed by atoms with Crippen LogP contribution in [0.5, 0.6) is 11.5 Å². The minimum absolute atomic E-state index is 0.234. The number of benzene rings is 1. The highest BCUT2D eigenvalue weighted by molar-refractivity contribution is 5.93. The van der Waals surface area contributed by atoms with Crippen LogP contribution in [0.3, 0.4) is 0 Å². The number of ether oxygens (including phenoxy) is 3. The Bertz CT molecular complexity index is 854. The van der Waals surface area contributed by atoms with Crippen molar-refractivity contribution in [1.29, 1.82) is 0 Å². The van der Waals surface area contributed by atoms with Crippen molar-refractivity contribution in [3.8, 4) is 11.5 Å². The third kappa shape index (κ3) is 9.92. The van der Waals surface area contributed by atoms with Gasteiger partial charge in [-0.25, -0.2) is 9.36 Å². The van der Waals surface area contributed by atoms with Gasteiger partial charge in [0.25, 0.3) is 0 Å². The lowest BCUT2D eigenvalue weighted by atomic mass is 10.1. The van der Waals surface area contributed by atoms with E-state index >= 15 is 0 Å². The van der Waals surface area contributed by atoms with Gasteiger partial charge < -0.3 is 14.2 Å². The average molecular weight is 444 g/mol. The molecule has 32 heavy (non-hydrogen) atoms. The number of hydrogen-bond acceptors (Lipinski definition) is 6. The molecule has 0 aliphatic carbocycles. The number of carbonyl (C=O) groups excluding carboxylic acids is 2. The highest BCUT2D eigenvalue weighted by Gasteiger charge is 2.14. The normalized spacial score (nSPS) is 10.8. The predicted octanol–water partition coefficient (Wildman–Crippen LogP) is 3.99. The van der Waals surface area contributed by atoms with E-state index < -0.39 is 11.9 Å². The maximum atomic E-state index is 12.2. The molecule has 0 unspecified atom stereocenters. The summed E-state index contributed by atoms with van der Waals surface area (Å²) in [6, 6.07) is 10.6. The Morgan fingerprint density at radius 1 is 0.938 bits per heavy atom. The van der Waals surface area contributed by atoms with Crippen LogP contribution in [-0.2, 0) is 16.1 Å². The van der Waals surface area contributed by atoms with Gasteiger partial charge in [-0.15, -0.1) is 0 Å². The SMILES string of the molecule is CC(=O)Oc1ccccc1C(=O)OCCCCCCCC[n+]1cccc(OCN(C)C)c1. The van der Waals surface area contributed by atoms with Crippen LogP contribution in [0.15, 0.2) is 48.8 Å². The summed E-state index contributed by atoms with van der Waals surface area (Å²) in [5, 5.41) is 0. The molecule has 174 valence electrons. The molecule has 0 N–H and O–H groups in total. The van der Waals surface area contributed by atoms with Gasteiger partial charge in [-0.3, -0.25) is 9.69 Å². The van der Waals surface area contributed by atoms with Crippen LogP contribution in [0, 0.1) is 0 Å². The first-order chi connectivity index (χ1) is 15.5. The van der Waals surface area contributed by atoms with Crippen molar-refractivity contribution in [2.45, 2.75) is 52.0 Å². The van der Waals surface area contributed by atoms with Crippen LogP contribution in [0.2, 0.25) is 0 Å².